The standard InChI is InChI=1S/C8H14ClNO3/c1-3-5(2)7(8(12)13)10-6(11)4-9/h5,7H,3-4H2,1-2H3,(H,10,11)(H,12,13)/p-1/t5-,7+/m0/s1. The van der Waals surface area contributed by atoms with Gasteiger partial charge in [0, 0.05) is 0 Å². The Hall–Kier alpha value is -0.770. The van der Waals surface area contributed by atoms with E-state index in [2.05, 4.69) is 5.32 Å². The quantitative estimate of drug-likeness (QED) is 0.617. The van der Waals surface area contributed by atoms with E-state index in [0.717, 1.165) is 0 Å². The van der Waals surface area contributed by atoms with Gasteiger partial charge in [-0.1, -0.05) is 20.3 Å². The molecule has 2 atom stereocenters. The maximum Gasteiger partial charge on any atom is 0.235 e. The Balaban J connectivity index is 4.26. The van der Waals surface area contributed by atoms with Crippen LogP contribution < -0.4 is 10.4 Å². The summed E-state index contributed by atoms with van der Waals surface area (Å²) in [7, 11) is 0. The summed E-state index contributed by atoms with van der Waals surface area (Å²) < 4.78 is 0. The second-order valence-corrected chi connectivity index (χ2v) is 3.15. The van der Waals surface area contributed by atoms with E-state index in [1.165, 1.54) is 0 Å². The summed E-state index contributed by atoms with van der Waals surface area (Å²) >= 11 is 5.22. The van der Waals surface area contributed by atoms with Gasteiger partial charge in [-0.05, 0) is 5.92 Å². The summed E-state index contributed by atoms with van der Waals surface area (Å²) in [6.07, 6.45) is 0.654. The van der Waals surface area contributed by atoms with Crippen molar-refractivity contribution in [3.8, 4) is 0 Å². The molecule has 0 aromatic rings. The zero-order chi connectivity index (χ0) is 10.4. The molecule has 13 heavy (non-hydrogen) atoms. The van der Waals surface area contributed by atoms with E-state index in [-0.39, 0.29) is 11.8 Å². The topological polar surface area (TPSA) is 69.2 Å². The van der Waals surface area contributed by atoms with Crippen molar-refractivity contribution in [3.05, 3.63) is 0 Å². The molecule has 0 saturated carbocycles. The van der Waals surface area contributed by atoms with Gasteiger partial charge >= 0.3 is 0 Å². The van der Waals surface area contributed by atoms with Crippen molar-refractivity contribution in [1.29, 1.82) is 0 Å². The molecular weight excluding hydrogens is 194 g/mol. The zero-order valence-corrected chi connectivity index (χ0v) is 8.43. The Kier molecular flexibility index (Phi) is 5.46. The second-order valence-electron chi connectivity index (χ2n) is 2.88. The van der Waals surface area contributed by atoms with Gasteiger partial charge in [0.25, 0.3) is 0 Å². The van der Waals surface area contributed by atoms with E-state index in [1.807, 2.05) is 6.92 Å². The third-order valence-electron chi connectivity index (χ3n) is 1.90. The molecular formula is C8H13ClNO3-. The van der Waals surface area contributed by atoms with Gasteiger partial charge in [0.15, 0.2) is 0 Å². The van der Waals surface area contributed by atoms with Gasteiger partial charge in [-0.25, -0.2) is 0 Å². The molecule has 0 aliphatic heterocycles. The number of nitrogens with one attached hydrogen (secondary N) is 1. The Labute approximate surface area is 82.3 Å². The molecule has 0 aliphatic carbocycles. The van der Waals surface area contributed by atoms with Crippen LogP contribution in [0.2, 0.25) is 0 Å². The number of carboxylic acid groups (broad SMARTS) is 1. The van der Waals surface area contributed by atoms with Crippen LogP contribution >= 0.6 is 11.6 Å². The molecule has 0 saturated heterocycles. The lowest BCUT2D eigenvalue weighted by Crippen LogP contribution is -2.51. The molecule has 0 unspecified atom stereocenters. The van der Waals surface area contributed by atoms with Crippen LogP contribution in [0, 0.1) is 5.92 Å². The van der Waals surface area contributed by atoms with Crippen LogP contribution in [-0.2, 0) is 9.59 Å². The van der Waals surface area contributed by atoms with E-state index in [1.54, 1.807) is 6.92 Å². The smallest absolute Gasteiger partial charge is 0.235 e. The number of aliphatic carboxylic acids is 1. The van der Waals surface area contributed by atoms with Gasteiger partial charge in [0.05, 0.1) is 12.0 Å². The normalized spacial score (nSPS) is 14.7. The van der Waals surface area contributed by atoms with Crippen LogP contribution in [0.25, 0.3) is 0 Å². The second kappa shape index (κ2) is 5.80. The van der Waals surface area contributed by atoms with Crippen LogP contribution in [0.3, 0.4) is 0 Å². The average molecular weight is 207 g/mol. The molecule has 76 valence electrons. The molecule has 0 bridgehead atoms. The number of amides is 1. The molecule has 0 fully saturated rings. The van der Waals surface area contributed by atoms with Crippen molar-refractivity contribution in [2.75, 3.05) is 5.88 Å². The highest BCUT2D eigenvalue weighted by Crippen LogP contribution is 2.06. The van der Waals surface area contributed by atoms with Gasteiger partial charge in [-0.3, -0.25) is 4.79 Å². The fraction of sp³-hybridized carbons (Fsp3) is 0.750. The lowest BCUT2D eigenvalue weighted by molar-refractivity contribution is -0.309. The molecule has 0 aromatic carbocycles. The molecule has 0 heterocycles. The lowest BCUT2D eigenvalue weighted by atomic mass is 9.99. The third kappa shape index (κ3) is 4.12. The number of rotatable bonds is 5. The maximum absolute atomic E-state index is 10.8. The fourth-order valence-electron chi connectivity index (χ4n) is 0.881. The molecule has 1 N–H and O–H groups in total. The SMILES string of the molecule is CC[C@H](C)[C@@H](NC(=O)CCl)C(=O)[O-]. The number of halogens is 1. The zero-order valence-electron chi connectivity index (χ0n) is 7.67. The van der Waals surface area contributed by atoms with Crippen LogP contribution in [0.15, 0.2) is 0 Å². The minimum atomic E-state index is -1.27. The first-order valence-electron chi connectivity index (χ1n) is 4.09. The Morgan fingerprint density at radius 1 is 1.54 bits per heavy atom. The van der Waals surface area contributed by atoms with Crippen LogP contribution in [0.1, 0.15) is 20.3 Å². The number of hydrogen-bond acceptors (Lipinski definition) is 3. The Bertz CT molecular complexity index is 196. The van der Waals surface area contributed by atoms with E-state index in [0.29, 0.717) is 6.42 Å². The minimum absolute atomic E-state index is 0.155. The minimum Gasteiger partial charge on any atom is -0.548 e. The first kappa shape index (κ1) is 12.2. The predicted molar refractivity (Wildman–Crippen MR) is 47.1 cm³/mol. The summed E-state index contributed by atoms with van der Waals surface area (Å²) in [6, 6.07) is -0.948. The molecule has 0 radical (unpaired) electrons. The number of carboxylic acids is 1. The molecule has 5 heteroatoms. The van der Waals surface area contributed by atoms with Crippen LogP contribution in [0.4, 0.5) is 0 Å². The third-order valence-corrected chi connectivity index (χ3v) is 2.15. The van der Waals surface area contributed by atoms with Crippen LogP contribution in [0.5, 0.6) is 0 Å². The fourth-order valence-corrected chi connectivity index (χ4v) is 0.958. The maximum atomic E-state index is 10.8. The van der Waals surface area contributed by atoms with Gasteiger partial charge in [-0.2, -0.15) is 0 Å². The molecule has 0 aliphatic rings. The summed E-state index contributed by atoms with van der Waals surface area (Å²) in [4.78, 5) is 21.4. The summed E-state index contributed by atoms with van der Waals surface area (Å²) in [5.74, 6) is -2.15. The Morgan fingerprint density at radius 3 is 2.38 bits per heavy atom. The van der Waals surface area contributed by atoms with Crippen LogP contribution in [-0.4, -0.2) is 23.8 Å². The van der Waals surface area contributed by atoms with Crippen molar-refractivity contribution >= 4 is 23.5 Å². The summed E-state index contributed by atoms with van der Waals surface area (Å²) in [5, 5.41) is 12.9. The monoisotopic (exact) mass is 206 g/mol. The molecule has 0 rings (SSSR count). The molecule has 1 amide bonds. The number of carbonyl (C=O) groups is 2. The first-order valence-corrected chi connectivity index (χ1v) is 4.62. The molecule has 4 nitrogen and oxygen atoms in total. The number of carbonyl (C=O) groups excluding carboxylic acids is 2. The van der Waals surface area contributed by atoms with E-state index in [4.69, 9.17) is 11.6 Å². The van der Waals surface area contributed by atoms with Gasteiger partial charge in [0.1, 0.15) is 5.88 Å². The molecule has 0 aromatic heterocycles. The first-order chi connectivity index (χ1) is 6.02. The van der Waals surface area contributed by atoms with Gasteiger partial charge in [0.2, 0.25) is 5.91 Å². The summed E-state index contributed by atoms with van der Waals surface area (Å²) in [6.45, 7) is 3.57. The van der Waals surface area contributed by atoms with Gasteiger partial charge < -0.3 is 15.2 Å². The number of hydrogen-bond donors (Lipinski definition) is 1. The average Bonchev–Trinajstić information content (AvgIpc) is 2.11. The van der Waals surface area contributed by atoms with Crippen molar-refractivity contribution in [3.63, 3.8) is 0 Å². The molecule has 0 spiro atoms. The van der Waals surface area contributed by atoms with Crippen molar-refractivity contribution in [1.82, 2.24) is 5.32 Å². The highest BCUT2D eigenvalue weighted by molar-refractivity contribution is 6.27. The van der Waals surface area contributed by atoms with Crippen molar-refractivity contribution in [2.24, 2.45) is 5.92 Å². The highest BCUT2D eigenvalue weighted by atomic mass is 35.5. The largest absolute Gasteiger partial charge is 0.548 e. The lowest BCUT2D eigenvalue weighted by Gasteiger charge is -2.24. The van der Waals surface area contributed by atoms with E-state index in [9.17, 15) is 14.7 Å². The Morgan fingerprint density at radius 2 is 2.08 bits per heavy atom. The van der Waals surface area contributed by atoms with E-state index < -0.39 is 17.9 Å². The van der Waals surface area contributed by atoms with Crippen molar-refractivity contribution in [2.45, 2.75) is 26.3 Å². The highest BCUT2D eigenvalue weighted by Gasteiger charge is 2.18. The van der Waals surface area contributed by atoms with Crippen molar-refractivity contribution < 1.29 is 14.7 Å². The van der Waals surface area contributed by atoms with E-state index >= 15 is 0 Å². The predicted octanol–water partition coefficient (Wildman–Crippen LogP) is -0.494. The summed E-state index contributed by atoms with van der Waals surface area (Å²) in [5.41, 5.74) is 0. The number of alkyl halides is 1. The van der Waals surface area contributed by atoms with Gasteiger partial charge in [-0.15, -0.1) is 11.6 Å².